The second-order valence-corrected chi connectivity index (χ2v) is 5.31. The van der Waals surface area contributed by atoms with Crippen molar-refractivity contribution in [1.82, 2.24) is 10.6 Å². The fourth-order valence-electron chi connectivity index (χ4n) is 2.44. The summed E-state index contributed by atoms with van der Waals surface area (Å²) in [6, 6.07) is 5.33. The van der Waals surface area contributed by atoms with E-state index in [4.69, 9.17) is 9.47 Å². The van der Waals surface area contributed by atoms with E-state index in [1.54, 1.807) is 31.2 Å². The van der Waals surface area contributed by atoms with Crippen LogP contribution in [0, 0.1) is 0 Å². The first kappa shape index (κ1) is 18.5. The molecule has 1 unspecified atom stereocenters. The van der Waals surface area contributed by atoms with Gasteiger partial charge in [-0.05, 0) is 24.6 Å². The van der Waals surface area contributed by atoms with E-state index in [1.807, 2.05) is 0 Å². The van der Waals surface area contributed by atoms with Crippen molar-refractivity contribution in [3.63, 3.8) is 0 Å². The van der Waals surface area contributed by atoms with E-state index < -0.39 is 24.0 Å². The van der Waals surface area contributed by atoms with Crippen molar-refractivity contribution in [2.45, 2.75) is 13.0 Å². The molecule has 1 aliphatic rings. The molecule has 0 bridgehead atoms. The van der Waals surface area contributed by atoms with E-state index in [0.717, 1.165) is 0 Å². The number of carbonyl (C=O) groups excluding carboxylic acids is 3. The SMILES string of the molecule is COCCOC(=O)C1=C(C)NC(=O)NC1c1ccc(C(=O)OC)cc1. The summed E-state index contributed by atoms with van der Waals surface area (Å²) in [4.78, 5) is 35.7. The molecule has 1 aromatic carbocycles. The topological polar surface area (TPSA) is 103 Å². The fourth-order valence-corrected chi connectivity index (χ4v) is 2.44. The Hall–Kier alpha value is -2.87. The van der Waals surface area contributed by atoms with Gasteiger partial charge < -0.3 is 24.8 Å². The molecular formula is C17H20N2O6. The van der Waals surface area contributed by atoms with Crippen LogP contribution < -0.4 is 10.6 Å². The lowest BCUT2D eigenvalue weighted by Gasteiger charge is -2.28. The van der Waals surface area contributed by atoms with Gasteiger partial charge in [0.25, 0.3) is 0 Å². The van der Waals surface area contributed by atoms with Gasteiger partial charge in [0.05, 0.1) is 30.9 Å². The lowest BCUT2D eigenvalue weighted by Crippen LogP contribution is -2.45. The number of rotatable bonds is 6. The lowest BCUT2D eigenvalue weighted by molar-refractivity contribution is -0.140. The zero-order chi connectivity index (χ0) is 18.4. The Labute approximate surface area is 145 Å². The predicted octanol–water partition coefficient (Wildman–Crippen LogP) is 1.29. The maximum absolute atomic E-state index is 12.4. The molecule has 0 saturated heterocycles. The highest BCUT2D eigenvalue weighted by molar-refractivity contribution is 5.95. The average molecular weight is 348 g/mol. The summed E-state index contributed by atoms with van der Waals surface area (Å²) in [6.45, 7) is 2.01. The number of ether oxygens (including phenoxy) is 3. The van der Waals surface area contributed by atoms with Gasteiger partial charge in [-0.25, -0.2) is 14.4 Å². The molecule has 0 spiro atoms. The van der Waals surface area contributed by atoms with Crippen LogP contribution in [0.15, 0.2) is 35.5 Å². The maximum atomic E-state index is 12.4. The molecule has 134 valence electrons. The minimum atomic E-state index is -0.685. The zero-order valence-corrected chi connectivity index (χ0v) is 14.3. The van der Waals surface area contributed by atoms with Crippen molar-refractivity contribution in [2.24, 2.45) is 0 Å². The van der Waals surface area contributed by atoms with E-state index in [9.17, 15) is 14.4 Å². The molecule has 2 N–H and O–H groups in total. The van der Waals surface area contributed by atoms with E-state index in [0.29, 0.717) is 22.4 Å². The van der Waals surface area contributed by atoms with Crippen molar-refractivity contribution in [3.8, 4) is 0 Å². The van der Waals surface area contributed by atoms with Crippen LogP contribution in [0.2, 0.25) is 0 Å². The van der Waals surface area contributed by atoms with E-state index >= 15 is 0 Å². The predicted molar refractivity (Wildman–Crippen MR) is 87.7 cm³/mol. The van der Waals surface area contributed by atoms with Gasteiger partial charge in [-0.15, -0.1) is 0 Å². The summed E-state index contributed by atoms with van der Waals surface area (Å²) in [5.41, 5.74) is 1.71. The molecule has 25 heavy (non-hydrogen) atoms. The van der Waals surface area contributed by atoms with E-state index in [1.165, 1.54) is 14.2 Å². The number of carbonyl (C=O) groups is 3. The second-order valence-electron chi connectivity index (χ2n) is 5.31. The Morgan fingerprint density at radius 2 is 1.76 bits per heavy atom. The van der Waals surface area contributed by atoms with Crippen LogP contribution in [0.1, 0.15) is 28.9 Å². The van der Waals surface area contributed by atoms with Gasteiger partial charge in [0.15, 0.2) is 0 Å². The second kappa shape index (κ2) is 8.29. The first-order chi connectivity index (χ1) is 12.0. The van der Waals surface area contributed by atoms with Crippen molar-refractivity contribution in [1.29, 1.82) is 0 Å². The Morgan fingerprint density at radius 1 is 1.08 bits per heavy atom. The molecule has 8 heteroatoms. The normalized spacial score (nSPS) is 16.8. The van der Waals surface area contributed by atoms with Crippen molar-refractivity contribution in [3.05, 3.63) is 46.7 Å². The highest BCUT2D eigenvalue weighted by Gasteiger charge is 2.32. The molecule has 0 saturated carbocycles. The lowest BCUT2D eigenvalue weighted by atomic mass is 9.95. The number of hydrogen-bond acceptors (Lipinski definition) is 6. The number of hydrogen-bond donors (Lipinski definition) is 2. The monoisotopic (exact) mass is 348 g/mol. The third-order valence-corrected chi connectivity index (χ3v) is 3.67. The number of nitrogens with one attached hydrogen (secondary N) is 2. The summed E-state index contributed by atoms with van der Waals surface area (Å²) in [7, 11) is 2.80. The van der Waals surface area contributed by atoms with Crippen LogP contribution in [-0.4, -0.2) is 45.4 Å². The van der Waals surface area contributed by atoms with Crippen LogP contribution in [0.3, 0.4) is 0 Å². The van der Waals surface area contributed by atoms with Crippen LogP contribution in [0.4, 0.5) is 4.79 Å². The minimum Gasteiger partial charge on any atom is -0.465 e. The molecule has 0 aliphatic carbocycles. The number of esters is 2. The summed E-state index contributed by atoms with van der Waals surface area (Å²) in [5, 5.41) is 5.25. The van der Waals surface area contributed by atoms with E-state index in [2.05, 4.69) is 15.4 Å². The first-order valence-corrected chi connectivity index (χ1v) is 7.60. The number of benzene rings is 1. The molecule has 0 radical (unpaired) electrons. The smallest absolute Gasteiger partial charge is 0.338 e. The Morgan fingerprint density at radius 3 is 2.36 bits per heavy atom. The van der Waals surface area contributed by atoms with Crippen LogP contribution >= 0.6 is 0 Å². The van der Waals surface area contributed by atoms with Gasteiger partial charge in [-0.2, -0.15) is 0 Å². The Kier molecular flexibility index (Phi) is 6.13. The van der Waals surface area contributed by atoms with E-state index in [-0.39, 0.29) is 13.2 Å². The minimum absolute atomic E-state index is 0.105. The van der Waals surface area contributed by atoms with Crippen molar-refractivity contribution in [2.75, 3.05) is 27.4 Å². The highest BCUT2D eigenvalue weighted by atomic mass is 16.6. The summed E-state index contributed by atoms with van der Waals surface area (Å²) in [6.07, 6.45) is 0. The Bertz CT molecular complexity index is 696. The van der Waals surface area contributed by atoms with Crippen LogP contribution in [0.25, 0.3) is 0 Å². The van der Waals surface area contributed by atoms with Gasteiger partial charge >= 0.3 is 18.0 Å². The van der Waals surface area contributed by atoms with Crippen molar-refractivity contribution >= 4 is 18.0 Å². The standard InChI is InChI=1S/C17H20N2O6/c1-10-13(16(21)25-9-8-23-2)14(19-17(22)18-10)11-4-6-12(7-5-11)15(20)24-3/h4-7,14H,8-9H2,1-3H3,(H2,18,19,22). The largest absolute Gasteiger partial charge is 0.465 e. The third kappa shape index (κ3) is 4.36. The first-order valence-electron chi connectivity index (χ1n) is 7.60. The molecule has 2 amide bonds. The molecule has 0 aromatic heterocycles. The number of methoxy groups -OCH3 is 2. The number of amides is 2. The summed E-state index contributed by atoms with van der Waals surface area (Å²) >= 11 is 0. The molecule has 0 fully saturated rings. The maximum Gasteiger partial charge on any atom is 0.338 e. The molecule has 1 heterocycles. The van der Waals surface area contributed by atoms with Gasteiger partial charge in [-0.3, -0.25) is 0 Å². The molecule has 2 rings (SSSR count). The molecule has 1 aromatic rings. The Balaban J connectivity index is 2.29. The highest BCUT2D eigenvalue weighted by Crippen LogP contribution is 2.27. The summed E-state index contributed by atoms with van der Waals surface area (Å²) in [5.74, 6) is -1.02. The van der Waals surface area contributed by atoms with Crippen LogP contribution in [0.5, 0.6) is 0 Å². The fraction of sp³-hybridized carbons (Fsp3) is 0.353. The summed E-state index contributed by atoms with van der Waals surface area (Å²) < 4.78 is 14.7. The van der Waals surface area contributed by atoms with Gasteiger partial charge in [0.2, 0.25) is 0 Å². The molecule has 1 atom stereocenters. The van der Waals surface area contributed by atoms with Gasteiger partial charge in [0.1, 0.15) is 6.61 Å². The average Bonchev–Trinajstić information content (AvgIpc) is 2.60. The quantitative estimate of drug-likeness (QED) is 0.593. The molecule has 1 aliphatic heterocycles. The number of allylic oxidation sites excluding steroid dienone is 1. The van der Waals surface area contributed by atoms with Crippen LogP contribution in [-0.2, 0) is 19.0 Å². The third-order valence-electron chi connectivity index (χ3n) is 3.67. The zero-order valence-electron chi connectivity index (χ0n) is 14.3. The van der Waals surface area contributed by atoms with Gasteiger partial charge in [0, 0.05) is 12.8 Å². The van der Waals surface area contributed by atoms with Gasteiger partial charge in [-0.1, -0.05) is 12.1 Å². The number of urea groups is 1. The molecular weight excluding hydrogens is 328 g/mol. The van der Waals surface area contributed by atoms with Crippen molar-refractivity contribution < 1.29 is 28.6 Å². The molecule has 8 nitrogen and oxygen atoms in total.